The second kappa shape index (κ2) is 7.18. The summed E-state index contributed by atoms with van der Waals surface area (Å²) in [7, 11) is 0. The lowest BCUT2D eigenvalue weighted by molar-refractivity contribution is -0.199. The van der Waals surface area contributed by atoms with Gasteiger partial charge in [0, 0.05) is 19.6 Å². The smallest absolute Gasteiger partial charge is 0.410 e. The van der Waals surface area contributed by atoms with Crippen LogP contribution in [-0.2, 0) is 9.53 Å². The third-order valence-corrected chi connectivity index (χ3v) is 5.25. The number of amides is 2. The zero-order valence-corrected chi connectivity index (χ0v) is 16.6. The number of nitrogens with zero attached hydrogens (tertiary/aromatic N) is 2. The summed E-state index contributed by atoms with van der Waals surface area (Å²) in [4.78, 5) is 27.9. The van der Waals surface area contributed by atoms with Crippen LogP contribution in [0.15, 0.2) is 24.3 Å². The first kappa shape index (κ1) is 21.4. The second-order valence-corrected chi connectivity index (χ2v) is 8.57. The Morgan fingerprint density at radius 1 is 1.07 bits per heavy atom. The van der Waals surface area contributed by atoms with E-state index in [4.69, 9.17) is 4.74 Å². The summed E-state index contributed by atoms with van der Waals surface area (Å²) in [6.45, 7) is 5.01. The molecule has 1 saturated carbocycles. The Morgan fingerprint density at radius 3 is 2.14 bits per heavy atom. The fourth-order valence-electron chi connectivity index (χ4n) is 3.52. The Morgan fingerprint density at radius 2 is 1.66 bits per heavy atom. The van der Waals surface area contributed by atoms with Gasteiger partial charge in [0.15, 0.2) is 0 Å². The molecular weight excluding hydrogens is 392 g/mol. The summed E-state index contributed by atoms with van der Waals surface area (Å²) < 4.78 is 58.9. The van der Waals surface area contributed by atoms with E-state index in [2.05, 4.69) is 0 Å². The molecule has 1 aromatic rings. The number of piperazine rings is 1. The molecule has 0 unspecified atom stereocenters. The van der Waals surface area contributed by atoms with Crippen LogP contribution < -0.4 is 0 Å². The first-order valence-corrected chi connectivity index (χ1v) is 9.45. The molecule has 0 bridgehead atoms. The van der Waals surface area contributed by atoms with Gasteiger partial charge < -0.3 is 9.64 Å². The predicted molar refractivity (Wildman–Crippen MR) is 96.4 cm³/mol. The fraction of sp³-hybridized carbons (Fsp3) is 0.600. The van der Waals surface area contributed by atoms with Crippen LogP contribution in [0.5, 0.6) is 0 Å². The van der Waals surface area contributed by atoms with E-state index in [1.165, 1.54) is 29.2 Å². The van der Waals surface area contributed by atoms with Crippen LogP contribution in [-0.4, -0.2) is 53.2 Å². The Kier molecular flexibility index (Phi) is 5.29. The minimum absolute atomic E-state index is 0.0202. The van der Waals surface area contributed by atoms with E-state index in [0.29, 0.717) is 5.56 Å². The highest BCUT2D eigenvalue weighted by Gasteiger charge is 2.69. The summed E-state index contributed by atoms with van der Waals surface area (Å²) in [5, 5.41) is 0. The largest absolute Gasteiger partial charge is 0.444 e. The molecule has 2 aliphatic rings. The monoisotopic (exact) mass is 416 g/mol. The van der Waals surface area contributed by atoms with Crippen LogP contribution in [0.25, 0.3) is 0 Å². The van der Waals surface area contributed by atoms with Gasteiger partial charge in [0.1, 0.15) is 16.8 Å². The Labute approximate surface area is 166 Å². The molecule has 160 valence electrons. The number of carbonyl (C=O) groups is 2. The van der Waals surface area contributed by atoms with Gasteiger partial charge in [-0.05, 0) is 51.3 Å². The lowest BCUT2D eigenvalue weighted by Gasteiger charge is -2.43. The summed E-state index contributed by atoms with van der Waals surface area (Å²) >= 11 is 0. The van der Waals surface area contributed by atoms with E-state index >= 15 is 0 Å². The fourth-order valence-corrected chi connectivity index (χ4v) is 3.52. The normalized spacial score (nSPS) is 21.7. The van der Waals surface area contributed by atoms with Gasteiger partial charge in [0.05, 0.1) is 6.04 Å². The zero-order chi connectivity index (χ0) is 21.6. The van der Waals surface area contributed by atoms with Crippen molar-refractivity contribution in [2.24, 2.45) is 5.41 Å². The lowest BCUT2D eigenvalue weighted by Crippen LogP contribution is -2.56. The van der Waals surface area contributed by atoms with Crippen molar-refractivity contribution >= 4 is 12.0 Å². The minimum Gasteiger partial charge on any atom is -0.444 e. The summed E-state index contributed by atoms with van der Waals surface area (Å²) in [6.07, 6.45) is -5.67. The summed E-state index contributed by atoms with van der Waals surface area (Å²) in [5.41, 5.74) is -2.55. The molecule has 9 heteroatoms. The number of hydrogen-bond acceptors (Lipinski definition) is 3. The predicted octanol–water partition coefficient (Wildman–Crippen LogP) is 4.29. The molecule has 5 nitrogen and oxygen atoms in total. The molecule has 0 aromatic heterocycles. The number of carbonyl (C=O) groups excluding carboxylic acids is 2. The number of ether oxygens (including phenoxy) is 1. The molecule has 1 saturated heterocycles. The van der Waals surface area contributed by atoms with Gasteiger partial charge in [-0.3, -0.25) is 9.69 Å². The first-order chi connectivity index (χ1) is 13.3. The van der Waals surface area contributed by atoms with Crippen LogP contribution in [0.2, 0.25) is 0 Å². The molecule has 29 heavy (non-hydrogen) atoms. The third-order valence-electron chi connectivity index (χ3n) is 5.25. The van der Waals surface area contributed by atoms with E-state index in [1.54, 1.807) is 20.8 Å². The molecule has 0 N–H and O–H groups in total. The average Bonchev–Trinajstić information content (AvgIpc) is 3.41. The van der Waals surface area contributed by atoms with E-state index < -0.39 is 41.1 Å². The molecule has 1 aliphatic carbocycles. The highest BCUT2D eigenvalue weighted by Crippen LogP contribution is 2.58. The van der Waals surface area contributed by atoms with E-state index in [-0.39, 0.29) is 32.5 Å². The van der Waals surface area contributed by atoms with Crippen molar-refractivity contribution < 1.29 is 31.9 Å². The van der Waals surface area contributed by atoms with Crippen molar-refractivity contribution in [3.63, 3.8) is 0 Å². The van der Waals surface area contributed by atoms with Crippen LogP contribution >= 0.6 is 0 Å². The van der Waals surface area contributed by atoms with Gasteiger partial charge in [-0.25, -0.2) is 9.18 Å². The number of hydrogen-bond donors (Lipinski definition) is 0. The highest BCUT2D eigenvalue weighted by molar-refractivity contribution is 5.86. The van der Waals surface area contributed by atoms with Gasteiger partial charge in [-0.15, -0.1) is 0 Å². The Hall–Kier alpha value is -2.32. The van der Waals surface area contributed by atoms with Gasteiger partial charge in [-0.1, -0.05) is 12.1 Å². The maximum Gasteiger partial charge on any atom is 0.410 e. The second-order valence-electron chi connectivity index (χ2n) is 8.57. The molecule has 1 aromatic carbocycles. The van der Waals surface area contributed by atoms with Crippen molar-refractivity contribution in [1.82, 2.24) is 9.80 Å². The molecule has 0 spiro atoms. The number of halogens is 4. The van der Waals surface area contributed by atoms with E-state index in [0.717, 1.165) is 4.90 Å². The maximum absolute atomic E-state index is 13.4. The van der Waals surface area contributed by atoms with Crippen LogP contribution in [0, 0.1) is 11.2 Å². The topological polar surface area (TPSA) is 49.9 Å². The quantitative estimate of drug-likeness (QED) is 0.676. The van der Waals surface area contributed by atoms with Crippen LogP contribution in [0.1, 0.15) is 45.2 Å². The van der Waals surface area contributed by atoms with E-state index in [1.807, 2.05) is 0 Å². The Balaban J connectivity index is 1.86. The van der Waals surface area contributed by atoms with Crippen molar-refractivity contribution in [3.8, 4) is 0 Å². The third kappa shape index (κ3) is 4.33. The van der Waals surface area contributed by atoms with Gasteiger partial charge in [0.25, 0.3) is 0 Å². The number of benzene rings is 1. The molecular formula is C20H24F4N2O3. The highest BCUT2D eigenvalue weighted by atomic mass is 19.4. The first-order valence-electron chi connectivity index (χ1n) is 9.45. The summed E-state index contributed by atoms with van der Waals surface area (Å²) in [6, 6.07) is 4.61. The zero-order valence-electron chi connectivity index (χ0n) is 16.6. The summed E-state index contributed by atoms with van der Waals surface area (Å²) in [5.74, 6) is -1.43. The molecule has 2 fully saturated rings. The van der Waals surface area contributed by atoms with E-state index in [9.17, 15) is 27.2 Å². The standard InChI is InChI=1S/C20H24F4N2O3/c1-18(2,3)29-17(28)26-11-10-25(16(27)19(8-9-19)20(22,23)24)12-15(26)13-4-6-14(21)7-5-13/h4-7,15H,8-12H2,1-3H3/t15-/m0/s1. The molecule has 0 radical (unpaired) electrons. The van der Waals surface area contributed by atoms with Crippen molar-refractivity contribution in [1.29, 1.82) is 0 Å². The molecule has 1 atom stereocenters. The van der Waals surface area contributed by atoms with Gasteiger partial charge >= 0.3 is 12.3 Å². The minimum atomic E-state index is -4.60. The average molecular weight is 416 g/mol. The van der Waals surface area contributed by atoms with Crippen LogP contribution in [0.3, 0.4) is 0 Å². The van der Waals surface area contributed by atoms with Crippen molar-refractivity contribution in [2.75, 3.05) is 19.6 Å². The van der Waals surface area contributed by atoms with Crippen molar-refractivity contribution in [3.05, 3.63) is 35.6 Å². The molecule has 1 heterocycles. The van der Waals surface area contributed by atoms with Crippen LogP contribution in [0.4, 0.5) is 22.4 Å². The molecule has 2 amide bonds. The molecule has 1 aliphatic heterocycles. The number of alkyl halides is 3. The Bertz CT molecular complexity index is 782. The van der Waals surface area contributed by atoms with Crippen molar-refractivity contribution in [2.45, 2.75) is 51.4 Å². The lowest BCUT2D eigenvalue weighted by atomic mass is 9.99. The molecule has 3 rings (SSSR count). The SMILES string of the molecule is CC(C)(C)OC(=O)N1CCN(C(=O)C2(C(F)(F)F)CC2)C[C@H]1c1ccc(F)cc1. The maximum atomic E-state index is 13.4. The number of rotatable bonds is 2. The van der Waals surface area contributed by atoms with Gasteiger partial charge in [0.2, 0.25) is 5.91 Å². The van der Waals surface area contributed by atoms with Gasteiger partial charge in [-0.2, -0.15) is 13.2 Å².